The summed E-state index contributed by atoms with van der Waals surface area (Å²) < 4.78 is 0. The first-order chi connectivity index (χ1) is 11.9. The SMILES string of the molecule is CC(C)(C)CC(=O)NCC(c1cccs1)N1CCc2ccccc2C1. The van der Waals surface area contributed by atoms with E-state index in [1.54, 1.807) is 11.3 Å². The van der Waals surface area contributed by atoms with Crippen molar-refractivity contribution in [2.75, 3.05) is 13.1 Å². The van der Waals surface area contributed by atoms with Crippen molar-refractivity contribution < 1.29 is 4.79 Å². The van der Waals surface area contributed by atoms with Gasteiger partial charge in [-0.25, -0.2) is 0 Å². The number of hydrogen-bond acceptors (Lipinski definition) is 3. The molecule has 1 amide bonds. The van der Waals surface area contributed by atoms with Gasteiger partial charge in [-0.1, -0.05) is 51.1 Å². The molecule has 1 atom stereocenters. The molecule has 25 heavy (non-hydrogen) atoms. The highest BCUT2D eigenvalue weighted by Gasteiger charge is 2.26. The molecule has 0 aliphatic carbocycles. The first-order valence-electron chi connectivity index (χ1n) is 9.03. The minimum Gasteiger partial charge on any atom is -0.354 e. The second kappa shape index (κ2) is 7.71. The predicted octanol–water partition coefficient (Wildman–Crippen LogP) is 4.40. The zero-order chi connectivity index (χ0) is 17.9. The minimum atomic E-state index is 0.0204. The highest BCUT2D eigenvalue weighted by Crippen LogP contribution is 2.30. The van der Waals surface area contributed by atoms with Crippen molar-refractivity contribution in [2.45, 2.75) is 46.2 Å². The largest absolute Gasteiger partial charge is 0.354 e. The van der Waals surface area contributed by atoms with E-state index in [1.165, 1.54) is 16.0 Å². The average Bonchev–Trinajstić information content (AvgIpc) is 3.07. The van der Waals surface area contributed by atoms with Crippen LogP contribution in [-0.4, -0.2) is 23.9 Å². The normalized spacial score (nSPS) is 16.3. The van der Waals surface area contributed by atoms with Crippen molar-refractivity contribution in [1.82, 2.24) is 10.2 Å². The lowest BCUT2D eigenvalue weighted by atomic mass is 9.92. The smallest absolute Gasteiger partial charge is 0.220 e. The number of nitrogens with one attached hydrogen (secondary N) is 1. The quantitative estimate of drug-likeness (QED) is 0.861. The van der Waals surface area contributed by atoms with E-state index in [2.05, 4.69) is 72.8 Å². The molecule has 1 aliphatic rings. The lowest BCUT2D eigenvalue weighted by Crippen LogP contribution is -2.41. The first-order valence-corrected chi connectivity index (χ1v) is 9.91. The number of amides is 1. The second-order valence-corrected chi connectivity index (χ2v) is 9.04. The van der Waals surface area contributed by atoms with Crippen molar-refractivity contribution in [3.63, 3.8) is 0 Å². The summed E-state index contributed by atoms with van der Waals surface area (Å²) in [7, 11) is 0. The Labute approximate surface area is 155 Å². The van der Waals surface area contributed by atoms with E-state index in [9.17, 15) is 4.79 Å². The van der Waals surface area contributed by atoms with Crippen molar-refractivity contribution in [1.29, 1.82) is 0 Å². The number of carbonyl (C=O) groups is 1. The Balaban J connectivity index is 1.70. The molecular weight excluding hydrogens is 328 g/mol. The molecule has 134 valence electrons. The molecular formula is C21H28N2OS. The number of carbonyl (C=O) groups excluding carboxylic acids is 1. The maximum absolute atomic E-state index is 12.3. The van der Waals surface area contributed by atoms with Gasteiger partial charge in [0.15, 0.2) is 0 Å². The van der Waals surface area contributed by atoms with Crippen LogP contribution in [0.25, 0.3) is 0 Å². The van der Waals surface area contributed by atoms with Gasteiger partial charge in [0, 0.05) is 30.9 Å². The van der Waals surface area contributed by atoms with Gasteiger partial charge in [0.1, 0.15) is 0 Å². The van der Waals surface area contributed by atoms with Crippen LogP contribution < -0.4 is 5.32 Å². The van der Waals surface area contributed by atoms with Gasteiger partial charge < -0.3 is 5.32 Å². The van der Waals surface area contributed by atoms with E-state index in [0.29, 0.717) is 13.0 Å². The van der Waals surface area contributed by atoms with Crippen LogP contribution in [0.2, 0.25) is 0 Å². The number of hydrogen-bond donors (Lipinski definition) is 1. The van der Waals surface area contributed by atoms with Crippen molar-refractivity contribution in [3.8, 4) is 0 Å². The summed E-state index contributed by atoms with van der Waals surface area (Å²) in [6.07, 6.45) is 1.64. The summed E-state index contributed by atoms with van der Waals surface area (Å²) in [4.78, 5) is 16.1. The maximum Gasteiger partial charge on any atom is 0.220 e. The van der Waals surface area contributed by atoms with Crippen molar-refractivity contribution >= 4 is 17.2 Å². The van der Waals surface area contributed by atoms with Crippen LogP contribution in [0.1, 0.15) is 49.2 Å². The van der Waals surface area contributed by atoms with Gasteiger partial charge in [0.25, 0.3) is 0 Å². The molecule has 0 bridgehead atoms. The van der Waals surface area contributed by atoms with E-state index >= 15 is 0 Å². The Kier molecular flexibility index (Phi) is 5.60. The van der Waals surface area contributed by atoms with Crippen LogP contribution in [-0.2, 0) is 17.8 Å². The van der Waals surface area contributed by atoms with Crippen LogP contribution in [0, 0.1) is 5.41 Å². The van der Waals surface area contributed by atoms with Crippen LogP contribution in [0.5, 0.6) is 0 Å². The van der Waals surface area contributed by atoms with E-state index < -0.39 is 0 Å². The molecule has 3 rings (SSSR count). The zero-order valence-electron chi connectivity index (χ0n) is 15.4. The number of fused-ring (bicyclic) bond motifs is 1. The maximum atomic E-state index is 12.3. The van der Waals surface area contributed by atoms with Gasteiger partial charge in [-0.05, 0) is 34.4 Å². The van der Waals surface area contributed by atoms with Gasteiger partial charge >= 0.3 is 0 Å². The molecule has 1 unspecified atom stereocenters. The fourth-order valence-electron chi connectivity index (χ4n) is 3.43. The fraction of sp³-hybridized carbons (Fsp3) is 0.476. The second-order valence-electron chi connectivity index (χ2n) is 8.06. The Morgan fingerprint density at radius 3 is 2.64 bits per heavy atom. The van der Waals surface area contributed by atoms with Gasteiger partial charge in [-0.2, -0.15) is 0 Å². The molecule has 2 aromatic rings. The van der Waals surface area contributed by atoms with Crippen molar-refractivity contribution in [2.24, 2.45) is 5.41 Å². The number of nitrogens with zero attached hydrogens (tertiary/aromatic N) is 1. The minimum absolute atomic E-state index is 0.0204. The molecule has 4 heteroatoms. The Morgan fingerprint density at radius 2 is 1.96 bits per heavy atom. The molecule has 1 aliphatic heterocycles. The molecule has 0 saturated heterocycles. The van der Waals surface area contributed by atoms with Gasteiger partial charge in [0.2, 0.25) is 5.91 Å². The fourth-order valence-corrected chi connectivity index (χ4v) is 4.29. The summed E-state index contributed by atoms with van der Waals surface area (Å²) in [6, 6.07) is 13.2. The van der Waals surface area contributed by atoms with Crippen LogP contribution in [0.4, 0.5) is 0 Å². The van der Waals surface area contributed by atoms with Crippen LogP contribution >= 0.6 is 11.3 Å². The molecule has 2 heterocycles. The summed E-state index contributed by atoms with van der Waals surface area (Å²) in [5.41, 5.74) is 2.89. The van der Waals surface area contributed by atoms with Gasteiger partial charge in [0.05, 0.1) is 6.04 Å². The summed E-state index contributed by atoms with van der Waals surface area (Å²) in [5, 5.41) is 5.30. The lowest BCUT2D eigenvalue weighted by molar-refractivity contribution is -0.123. The zero-order valence-corrected chi connectivity index (χ0v) is 16.2. The molecule has 1 aromatic carbocycles. The van der Waals surface area contributed by atoms with Gasteiger partial charge in [-0.3, -0.25) is 9.69 Å². The van der Waals surface area contributed by atoms with Crippen LogP contribution in [0.15, 0.2) is 41.8 Å². The molecule has 1 N–H and O–H groups in total. The molecule has 3 nitrogen and oxygen atoms in total. The number of thiophene rings is 1. The molecule has 0 fully saturated rings. The first kappa shape index (κ1) is 18.2. The standard InChI is InChI=1S/C21H28N2OS/c1-21(2,3)13-20(24)22-14-18(19-9-6-12-25-19)23-11-10-16-7-4-5-8-17(16)15-23/h4-9,12,18H,10-11,13-15H2,1-3H3,(H,22,24). The van der Waals surface area contributed by atoms with E-state index in [1.807, 2.05) is 0 Å². The summed E-state index contributed by atoms with van der Waals surface area (Å²) in [5.74, 6) is 0.145. The molecule has 0 saturated carbocycles. The average molecular weight is 357 g/mol. The lowest BCUT2D eigenvalue weighted by Gasteiger charge is -2.35. The third-order valence-electron chi connectivity index (χ3n) is 4.66. The third kappa shape index (κ3) is 4.93. The Hall–Kier alpha value is -1.65. The predicted molar refractivity (Wildman–Crippen MR) is 105 cm³/mol. The van der Waals surface area contributed by atoms with E-state index in [4.69, 9.17) is 0 Å². The van der Waals surface area contributed by atoms with E-state index in [0.717, 1.165) is 19.5 Å². The molecule has 1 aromatic heterocycles. The van der Waals surface area contributed by atoms with Gasteiger partial charge in [-0.15, -0.1) is 11.3 Å². The van der Waals surface area contributed by atoms with E-state index in [-0.39, 0.29) is 17.4 Å². The highest BCUT2D eigenvalue weighted by molar-refractivity contribution is 7.10. The van der Waals surface area contributed by atoms with Crippen molar-refractivity contribution in [3.05, 3.63) is 57.8 Å². The Morgan fingerprint density at radius 1 is 1.20 bits per heavy atom. The van der Waals surface area contributed by atoms with Crippen LogP contribution in [0.3, 0.4) is 0 Å². The molecule has 0 radical (unpaired) electrons. The summed E-state index contributed by atoms with van der Waals surface area (Å²) >= 11 is 1.78. The Bertz CT molecular complexity index is 703. The third-order valence-corrected chi connectivity index (χ3v) is 5.63. The summed E-state index contributed by atoms with van der Waals surface area (Å²) in [6.45, 7) is 8.97. The number of rotatable bonds is 5. The highest BCUT2D eigenvalue weighted by atomic mass is 32.1. The topological polar surface area (TPSA) is 32.3 Å². The monoisotopic (exact) mass is 356 g/mol. The number of benzene rings is 1. The molecule has 0 spiro atoms.